The summed E-state index contributed by atoms with van der Waals surface area (Å²) in [5, 5.41) is 10.9. The number of ketones is 1. The molecule has 0 unspecified atom stereocenters. The normalized spacial score (nSPS) is 42.5. The first-order chi connectivity index (χ1) is 17.3. The number of piperidine rings is 1. The monoisotopic (exact) mass is 499 g/mol. The van der Waals surface area contributed by atoms with E-state index in [-0.39, 0.29) is 11.5 Å². The Labute approximate surface area is 220 Å². The highest BCUT2D eigenvalue weighted by molar-refractivity contribution is 5.79. The zero-order valence-corrected chi connectivity index (χ0v) is 23.3. The van der Waals surface area contributed by atoms with Gasteiger partial charge < -0.3 is 10.0 Å². The molecule has 0 aromatic rings. The molecule has 1 amide bonds. The summed E-state index contributed by atoms with van der Waals surface area (Å²) >= 11 is 0. The molecule has 5 rings (SSSR count). The lowest BCUT2D eigenvalue weighted by molar-refractivity contribution is -0.156. The van der Waals surface area contributed by atoms with Gasteiger partial charge in [0.2, 0.25) is 5.91 Å². The molecule has 204 valence electrons. The molecule has 4 nitrogen and oxygen atoms in total. The van der Waals surface area contributed by atoms with E-state index in [2.05, 4.69) is 18.7 Å². The van der Waals surface area contributed by atoms with Crippen molar-refractivity contribution in [3.05, 3.63) is 0 Å². The average molecular weight is 500 g/mol. The van der Waals surface area contributed by atoms with Crippen LogP contribution in [0, 0.1) is 40.4 Å². The number of aliphatic hydroxyl groups excluding tert-OH is 1. The molecular formula is C32H53NO3. The number of Topliss-reactive ketones (excluding diaryl/α,β-unsaturated/α-hetero) is 1. The van der Waals surface area contributed by atoms with E-state index in [1.54, 1.807) is 0 Å². The highest BCUT2D eigenvalue weighted by atomic mass is 16.3. The number of nitrogens with zero attached hydrogens (tertiary/aromatic N) is 1. The number of hydrogen-bond acceptors (Lipinski definition) is 3. The molecule has 36 heavy (non-hydrogen) atoms. The maximum Gasteiger partial charge on any atom is 0.222 e. The van der Waals surface area contributed by atoms with E-state index in [9.17, 15) is 14.7 Å². The number of likely N-dealkylation sites (tertiary alicyclic amines) is 1. The van der Waals surface area contributed by atoms with Crippen molar-refractivity contribution >= 4 is 11.7 Å². The van der Waals surface area contributed by atoms with Crippen molar-refractivity contribution < 1.29 is 14.7 Å². The fourth-order valence-corrected chi connectivity index (χ4v) is 10.0. The van der Waals surface area contributed by atoms with Crippen LogP contribution in [-0.2, 0) is 9.59 Å². The fourth-order valence-electron chi connectivity index (χ4n) is 10.0. The zero-order chi connectivity index (χ0) is 25.3. The van der Waals surface area contributed by atoms with Crippen LogP contribution in [0.2, 0.25) is 0 Å². The third-order valence-corrected chi connectivity index (χ3v) is 12.3. The van der Waals surface area contributed by atoms with Gasteiger partial charge >= 0.3 is 0 Å². The Bertz CT molecular complexity index is 790. The molecule has 1 aliphatic heterocycles. The van der Waals surface area contributed by atoms with Crippen LogP contribution in [0.5, 0.6) is 0 Å². The van der Waals surface area contributed by atoms with Gasteiger partial charge in [-0.15, -0.1) is 0 Å². The number of carbonyl (C=O) groups excluding carboxylic acids is 2. The maximum atomic E-state index is 12.5. The molecule has 0 bridgehead atoms. The van der Waals surface area contributed by atoms with Crippen molar-refractivity contribution in [1.29, 1.82) is 0 Å². The largest absolute Gasteiger partial charge is 0.393 e. The molecule has 4 saturated carbocycles. The molecule has 4 heteroatoms. The lowest BCUT2D eigenvalue weighted by Gasteiger charge is -2.62. The quantitative estimate of drug-likeness (QED) is 0.368. The van der Waals surface area contributed by atoms with Crippen molar-refractivity contribution in [2.75, 3.05) is 13.1 Å². The van der Waals surface area contributed by atoms with Crippen LogP contribution in [0.1, 0.15) is 129 Å². The maximum absolute atomic E-state index is 12.5. The number of fused-ring (bicyclic) bond motifs is 5. The smallest absolute Gasteiger partial charge is 0.222 e. The number of rotatable bonds is 8. The molecule has 0 radical (unpaired) electrons. The first-order valence-corrected chi connectivity index (χ1v) is 15.8. The number of unbranched alkanes of at least 4 members (excludes halogenated alkanes) is 4. The second-order valence-electron chi connectivity index (χ2n) is 14.1. The van der Waals surface area contributed by atoms with E-state index in [1.807, 2.05) is 0 Å². The van der Waals surface area contributed by atoms with Gasteiger partial charge in [-0.25, -0.2) is 0 Å². The highest BCUT2D eigenvalue weighted by Crippen LogP contribution is 2.67. The molecular weight excluding hydrogens is 446 g/mol. The van der Waals surface area contributed by atoms with E-state index < -0.39 is 0 Å². The Hall–Kier alpha value is -0.900. The summed E-state index contributed by atoms with van der Waals surface area (Å²) in [6.45, 7) is 6.89. The van der Waals surface area contributed by atoms with Crippen molar-refractivity contribution in [2.24, 2.45) is 40.4 Å². The van der Waals surface area contributed by atoms with E-state index in [0.29, 0.717) is 28.9 Å². The third-order valence-electron chi connectivity index (χ3n) is 12.3. The van der Waals surface area contributed by atoms with Crippen molar-refractivity contribution in [3.8, 4) is 0 Å². The van der Waals surface area contributed by atoms with Crippen molar-refractivity contribution in [2.45, 2.75) is 136 Å². The fraction of sp³-hybridized carbons (Fsp3) is 0.938. The Morgan fingerprint density at radius 3 is 2.44 bits per heavy atom. The molecule has 0 aromatic carbocycles. The van der Waals surface area contributed by atoms with Crippen LogP contribution in [-0.4, -0.2) is 40.9 Å². The standard InChI is InChI=1S/C32H53NO3/c1-31-17-15-25(34)22-24(31)21-23(30-26-13-14-28(35)32(26,2)18-16-27(30)31)11-7-4-3-5-8-12-29(36)33-19-9-6-10-20-33/h23-24,26-28,30,35H,3-22H2,1-2H3/t23-,24+,26+,27+,28+,30+,31+,32+/m1/s1. The second kappa shape index (κ2) is 11.1. The summed E-state index contributed by atoms with van der Waals surface area (Å²) in [7, 11) is 0. The van der Waals surface area contributed by atoms with Crippen LogP contribution < -0.4 is 0 Å². The van der Waals surface area contributed by atoms with Crippen LogP contribution in [0.4, 0.5) is 0 Å². The van der Waals surface area contributed by atoms with E-state index in [0.717, 1.165) is 69.4 Å². The molecule has 1 saturated heterocycles. The van der Waals surface area contributed by atoms with Gasteiger partial charge in [0, 0.05) is 32.4 Å². The summed E-state index contributed by atoms with van der Waals surface area (Å²) in [4.78, 5) is 27.0. The van der Waals surface area contributed by atoms with Gasteiger partial charge in [0.05, 0.1) is 6.10 Å². The number of carbonyl (C=O) groups is 2. The Morgan fingerprint density at radius 2 is 1.64 bits per heavy atom. The van der Waals surface area contributed by atoms with Gasteiger partial charge in [0.25, 0.3) is 0 Å². The van der Waals surface area contributed by atoms with Crippen LogP contribution in [0.15, 0.2) is 0 Å². The first-order valence-electron chi connectivity index (χ1n) is 15.8. The zero-order valence-electron chi connectivity index (χ0n) is 23.3. The summed E-state index contributed by atoms with van der Waals surface area (Å²) in [6, 6.07) is 0. The third kappa shape index (κ3) is 5.06. The van der Waals surface area contributed by atoms with E-state index in [1.165, 1.54) is 77.0 Å². The Balaban J connectivity index is 1.14. The first kappa shape index (κ1) is 26.7. The molecule has 1 N–H and O–H groups in total. The average Bonchev–Trinajstić information content (AvgIpc) is 3.18. The minimum Gasteiger partial charge on any atom is -0.393 e. The summed E-state index contributed by atoms with van der Waals surface area (Å²) in [5.74, 6) is 4.37. The van der Waals surface area contributed by atoms with E-state index in [4.69, 9.17) is 0 Å². The van der Waals surface area contributed by atoms with Crippen molar-refractivity contribution in [1.82, 2.24) is 4.90 Å². The molecule has 0 aromatic heterocycles. The molecule has 8 atom stereocenters. The van der Waals surface area contributed by atoms with Gasteiger partial charge in [0.1, 0.15) is 5.78 Å². The van der Waals surface area contributed by atoms with Crippen LogP contribution >= 0.6 is 0 Å². The summed E-state index contributed by atoms with van der Waals surface area (Å²) < 4.78 is 0. The van der Waals surface area contributed by atoms with Gasteiger partial charge in [-0.2, -0.15) is 0 Å². The van der Waals surface area contributed by atoms with Crippen LogP contribution in [0.3, 0.4) is 0 Å². The molecule has 0 spiro atoms. The van der Waals surface area contributed by atoms with Gasteiger partial charge in [-0.3, -0.25) is 9.59 Å². The molecule has 5 aliphatic rings. The minimum atomic E-state index is -0.116. The molecule has 1 heterocycles. The van der Waals surface area contributed by atoms with Crippen LogP contribution in [0.25, 0.3) is 0 Å². The Morgan fingerprint density at radius 1 is 0.917 bits per heavy atom. The van der Waals surface area contributed by atoms with Gasteiger partial charge in [0.15, 0.2) is 0 Å². The number of amides is 1. The molecule has 5 fully saturated rings. The SMILES string of the molecule is C[C@]12CCC(=O)C[C@@H]1C[C@@H](CCCCCCCC(=O)N1CCCCC1)[C@@H]1[C@@H]2CC[C@]2(C)[C@@H](O)CC[C@@H]12. The lowest BCUT2D eigenvalue weighted by Crippen LogP contribution is -2.57. The summed E-state index contributed by atoms with van der Waals surface area (Å²) in [5.41, 5.74) is 0.457. The predicted octanol–water partition coefficient (Wildman–Crippen LogP) is 6.93. The van der Waals surface area contributed by atoms with Gasteiger partial charge in [-0.05, 0) is 105 Å². The van der Waals surface area contributed by atoms with E-state index >= 15 is 0 Å². The Kier molecular flexibility index (Phi) is 8.21. The topological polar surface area (TPSA) is 57.6 Å². The van der Waals surface area contributed by atoms with Gasteiger partial charge in [-0.1, -0.05) is 46.0 Å². The highest BCUT2D eigenvalue weighted by Gasteiger charge is 2.62. The minimum absolute atomic E-state index is 0.116. The number of aliphatic hydroxyl groups is 1. The predicted molar refractivity (Wildman–Crippen MR) is 144 cm³/mol. The summed E-state index contributed by atoms with van der Waals surface area (Å²) in [6.07, 6.45) is 20.2. The lowest BCUT2D eigenvalue weighted by atomic mass is 9.42. The van der Waals surface area contributed by atoms with Crippen molar-refractivity contribution in [3.63, 3.8) is 0 Å². The number of hydrogen-bond donors (Lipinski definition) is 1. The molecule has 4 aliphatic carbocycles. The second-order valence-corrected chi connectivity index (χ2v) is 14.1.